The summed E-state index contributed by atoms with van der Waals surface area (Å²) in [5.41, 5.74) is 2.08. The molecule has 0 atom stereocenters. The van der Waals surface area contributed by atoms with Gasteiger partial charge in [-0.15, -0.1) is 11.8 Å². The van der Waals surface area contributed by atoms with Gasteiger partial charge in [0.05, 0.1) is 0 Å². The van der Waals surface area contributed by atoms with Gasteiger partial charge in [-0.25, -0.2) is 0 Å². The zero-order chi connectivity index (χ0) is 10.8. The van der Waals surface area contributed by atoms with Crippen LogP contribution >= 0.6 is 11.8 Å². The molecular weight excluding hydrogens is 192 g/mol. The highest BCUT2D eigenvalue weighted by molar-refractivity contribution is 7.98. The van der Waals surface area contributed by atoms with E-state index in [0.717, 1.165) is 16.7 Å². The van der Waals surface area contributed by atoms with E-state index in [2.05, 4.69) is 26.8 Å². The summed E-state index contributed by atoms with van der Waals surface area (Å²) >= 11 is 1.67. The quantitative estimate of drug-likeness (QED) is 0.546. The molecular formula is C12H16OS. The molecule has 0 fully saturated rings. The summed E-state index contributed by atoms with van der Waals surface area (Å²) in [6.07, 6.45) is 2.94. The maximum atomic E-state index is 10.7. The first-order valence-corrected chi connectivity index (χ1v) is 5.84. The first-order chi connectivity index (χ1) is 6.47. The van der Waals surface area contributed by atoms with Gasteiger partial charge in [0.15, 0.2) is 0 Å². The Hall–Kier alpha value is -0.760. The highest BCUT2D eigenvalue weighted by atomic mass is 32.2. The molecule has 0 aromatic heterocycles. The second-order valence-electron chi connectivity index (χ2n) is 4.36. The Morgan fingerprint density at radius 1 is 1.21 bits per heavy atom. The molecule has 0 aliphatic carbocycles. The summed E-state index contributed by atoms with van der Waals surface area (Å²) in [4.78, 5) is 11.9. The average Bonchev–Trinajstić information content (AvgIpc) is 2.15. The van der Waals surface area contributed by atoms with Crippen molar-refractivity contribution in [3.63, 3.8) is 0 Å². The molecule has 2 heteroatoms. The third kappa shape index (κ3) is 2.61. The lowest BCUT2D eigenvalue weighted by molar-refractivity contribution is 0.112. The van der Waals surface area contributed by atoms with Gasteiger partial charge in [0.1, 0.15) is 6.29 Å². The van der Waals surface area contributed by atoms with Gasteiger partial charge >= 0.3 is 0 Å². The third-order valence-electron chi connectivity index (χ3n) is 2.17. The fraction of sp³-hybridized carbons (Fsp3) is 0.417. The van der Waals surface area contributed by atoms with Gasteiger partial charge in [-0.05, 0) is 35.4 Å². The number of carbonyl (C=O) groups is 1. The highest BCUT2D eigenvalue weighted by Gasteiger charge is 2.14. The van der Waals surface area contributed by atoms with Gasteiger partial charge in [0.2, 0.25) is 0 Å². The topological polar surface area (TPSA) is 17.1 Å². The molecule has 76 valence electrons. The molecule has 1 rings (SSSR count). The minimum absolute atomic E-state index is 0.101. The summed E-state index contributed by atoms with van der Waals surface area (Å²) in [5.74, 6) is 0. The Morgan fingerprint density at radius 3 is 2.29 bits per heavy atom. The van der Waals surface area contributed by atoms with Crippen LogP contribution in [0.5, 0.6) is 0 Å². The Bertz CT molecular complexity index is 337. The molecule has 0 saturated carbocycles. The Morgan fingerprint density at radius 2 is 1.86 bits per heavy atom. The van der Waals surface area contributed by atoms with Crippen molar-refractivity contribution in [2.24, 2.45) is 0 Å². The molecule has 0 spiro atoms. The van der Waals surface area contributed by atoms with Crippen molar-refractivity contribution in [3.05, 3.63) is 29.3 Å². The van der Waals surface area contributed by atoms with E-state index in [0.29, 0.717) is 0 Å². The summed E-state index contributed by atoms with van der Waals surface area (Å²) in [7, 11) is 0. The average molecular weight is 208 g/mol. The van der Waals surface area contributed by atoms with E-state index < -0.39 is 0 Å². The maximum absolute atomic E-state index is 10.7. The monoisotopic (exact) mass is 208 g/mol. The van der Waals surface area contributed by atoms with Crippen molar-refractivity contribution in [1.82, 2.24) is 0 Å². The lowest BCUT2D eigenvalue weighted by Crippen LogP contribution is -2.11. The van der Waals surface area contributed by atoms with Crippen molar-refractivity contribution in [2.45, 2.75) is 31.1 Å². The van der Waals surface area contributed by atoms with Crippen molar-refractivity contribution < 1.29 is 4.79 Å². The van der Waals surface area contributed by atoms with E-state index in [9.17, 15) is 4.79 Å². The van der Waals surface area contributed by atoms with Gasteiger partial charge < -0.3 is 0 Å². The molecule has 14 heavy (non-hydrogen) atoms. The van der Waals surface area contributed by atoms with E-state index in [-0.39, 0.29) is 5.41 Å². The fourth-order valence-electron chi connectivity index (χ4n) is 1.24. The number of carbonyl (C=O) groups excluding carboxylic acids is 1. The summed E-state index contributed by atoms with van der Waals surface area (Å²) < 4.78 is 0. The second kappa shape index (κ2) is 4.18. The van der Waals surface area contributed by atoms with Gasteiger partial charge in [0.25, 0.3) is 0 Å². The number of benzene rings is 1. The second-order valence-corrected chi connectivity index (χ2v) is 5.24. The molecule has 1 aromatic carbocycles. The molecule has 0 saturated heterocycles. The van der Waals surface area contributed by atoms with Crippen LogP contribution in [0.15, 0.2) is 23.1 Å². The van der Waals surface area contributed by atoms with Crippen LogP contribution in [0, 0.1) is 0 Å². The van der Waals surface area contributed by atoms with Crippen molar-refractivity contribution in [3.8, 4) is 0 Å². The summed E-state index contributed by atoms with van der Waals surface area (Å²) in [5, 5.41) is 0. The molecule has 0 aliphatic heterocycles. The van der Waals surface area contributed by atoms with Crippen molar-refractivity contribution in [2.75, 3.05) is 6.26 Å². The standard InChI is InChI=1S/C12H16OS/c1-12(2,3)10-5-9(8-13)6-11(7-10)14-4/h5-8H,1-4H3. The van der Waals surface area contributed by atoms with Crippen molar-refractivity contribution in [1.29, 1.82) is 0 Å². The van der Waals surface area contributed by atoms with E-state index in [1.807, 2.05) is 18.4 Å². The first kappa shape index (κ1) is 11.3. The Kier molecular flexibility index (Phi) is 3.38. The van der Waals surface area contributed by atoms with E-state index in [4.69, 9.17) is 0 Å². The maximum Gasteiger partial charge on any atom is 0.150 e. The molecule has 1 aromatic rings. The summed E-state index contributed by atoms with van der Waals surface area (Å²) in [6, 6.07) is 6.04. The molecule has 0 radical (unpaired) electrons. The number of rotatable bonds is 2. The predicted octanol–water partition coefficient (Wildman–Crippen LogP) is 3.52. The Balaban J connectivity index is 3.24. The lowest BCUT2D eigenvalue weighted by Gasteiger charge is -2.20. The summed E-state index contributed by atoms with van der Waals surface area (Å²) in [6.45, 7) is 6.46. The molecule has 1 nitrogen and oxygen atoms in total. The van der Waals surface area contributed by atoms with Crippen LogP contribution in [0.1, 0.15) is 36.7 Å². The smallest absolute Gasteiger partial charge is 0.150 e. The van der Waals surface area contributed by atoms with Crippen LogP contribution in [0.25, 0.3) is 0 Å². The number of aldehydes is 1. The highest BCUT2D eigenvalue weighted by Crippen LogP contribution is 2.27. The van der Waals surface area contributed by atoms with Gasteiger partial charge in [-0.1, -0.05) is 20.8 Å². The zero-order valence-corrected chi connectivity index (χ0v) is 9.94. The van der Waals surface area contributed by atoms with Gasteiger partial charge in [-0.2, -0.15) is 0 Å². The van der Waals surface area contributed by atoms with Crippen molar-refractivity contribution >= 4 is 18.0 Å². The number of thioether (sulfide) groups is 1. The zero-order valence-electron chi connectivity index (χ0n) is 9.13. The van der Waals surface area contributed by atoms with Crippen LogP contribution in [-0.4, -0.2) is 12.5 Å². The van der Waals surface area contributed by atoms with Crippen LogP contribution < -0.4 is 0 Å². The van der Waals surface area contributed by atoms with E-state index in [1.165, 1.54) is 5.56 Å². The van der Waals surface area contributed by atoms with E-state index >= 15 is 0 Å². The SMILES string of the molecule is CSc1cc(C=O)cc(C(C)(C)C)c1. The van der Waals surface area contributed by atoms with E-state index in [1.54, 1.807) is 11.8 Å². The van der Waals surface area contributed by atoms with Crippen LogP contribution in [0.4, 0.5) is 0 Å². The normalized spacial score (nSPS) is 11.4. The third-order valence-corrected chi connectivity index (χ3v) is 2.87. The molecule has 0 heterocycles. The minimum Gasteiger partial charge on any atom is -0.298 e. The molecule has 0 unspecified atom stereocenters. The van der Waals surface area contributed by atoms with Crippen LogP contribution in [-0.2, 0) is 5.41 Å². The van der Waals surface area contributed by atoms with Crippen LogP contribution in [0.3, 0.4) is 0 Å². The predicted molar refractivity (Wildman–Crippen MR) is 62.3 cm³/mol. The Labute approximate surface area is 89.9 Å². The minimum atomic E-state index is 0.101. The fourth-order valence-corrected chi connectivity index (χ4v) is 1.74. The number of hydrogen-bond donors (Lipinski definition) is 0. The molecule has 0 N–H and O–H groups in total. The lowest BCUT2D eigenvalue weighted by atomic mass is 9.86. The first-order valence-electron chi connectivity index (χ1n) is 4.62. The molecule has 0 bridgehead atoms. The van der Waals surface area contributed by atoms with Crippen LogP contribution in [0.2, 0.25) is 0 Å². The number of hydrogen-bond acceptors (Lipinski definition) is 2. The molecule has 0 amide bonds. The van der Waals surface area contributed by atoms with Gasteiger partial charge in [-0.3, -0.25) is 4.79 Å². The largest absolute Gasteiger partial charge is 0.298 e. The molecule has 0 aliphatic rings. The van der Waals surface area contributed by atoms with Gasteiger partial charge in [0, 0.05) is 10.5 Å².